The standard InChI is InChI=1S/C17H24N6O.HI/c1-13-15(14(2)24-21-13)12-20-17(18-3)23-10-8-22(9-11-23)16-6-4-5-7-19-16;/h4-7H,8-12H2,1-3H3,(H,18,20);1H. The molecular formula is C17H25IN6O. The Morgan fingerprint density at radius 3 is 2.56 bits per heavy atom. The second kappa shape index (κ2) is 9.02. The number of hydrogen-bond donors (Lipinski definition) is 1. The molecule has 8 heteroatoms. The van der Waals surface area contributed by atoms with Crippen LogP contribution in [-0.2, 0) is 6.54 Å². The van der Waals surface area contributed by atoms with Gasteiger partial charge in [-0.3, -0.25) is 4.99 Å². The fourth-order valence-electron chi connectivity index (χ4n) is 2.94. The van der Waals surface area contributed by atoms with E-state index in [1.54, 1.807) is 0 Å². The highest BCUT2D eigenvalue weighted by atomic mass is 127. The third-order valence-corrected chi connectivity index (χ3v) is 4.37. The number of nitrogens with zero attached hydrogens (tertiary/aromatic N) is 5. The number of hydrogen-bond acceptors (Lipinski definition) is 5. The van der Waals surface area contributed by atoms with Crippen LogP contribution in [0.3, 0.4) is 0 Å². The lowest BCUT2D eigenvalue weighted by Gasteiger charge is -2.37. The first kappa shape index (κ1) is 19.5. The van der Waals surface area contributed by atoms with Gasteiger partial charge in [-0.15, -0.1) is 24.0 Å². The molecule has 0 bridgehead atoms. The molecular weight excluding hydrogens is 431 g/mol. The van der Waals surface area contributed by atoms with Gasteiger partial charge >= 0.3 is 0 Å². The normalized spacial score (nSPS) is 15.1. The summed E-state index contributed by atoms with van der Waals surface area (Å²) in [7, 11) is 1.82. The second-order valence-corrected chi connectivity index (χ2v) is 5.87. The molecule has 25 heavy (non-hydrogen) atoms. The topological polar surface area (TPSA) is 69.8 Å². The molecule has 3 heterocycles. The minimum atomic E-state index is 0. The highest BCUT2D eigenvalue weighted by Crippen LogP contribution is 2.14. The predicted molar refractivity (Wildman–Crippen MR) is 110 cm³/mol. The van der Waals surface area contributed by atoms with E-state index in [1.807, 2.05) is 39.2 Å². The van der Waals surface area contributed by atoms with Gasteiger partial charge < -0.3 is 19.6 Å². The second-order valence-electron chi connectivity index (χ2n) is 5.87. The molecule has 136 valence electrons. The van der Waals surface area contributed by atoms with Crippen molar-refractivity contribution in [1.29, 1.82) is 0 Å². The van der Waals surface area contributed by atoms with Crippen LogP contribution in [0.1, 0.15) is 17.0 Å². The van der Waals surface area contributed by atoms with Crippen molar-refractivity contribution in [2.45, 2.75) is 20.4 Å². The molecule has 1 aliphatic rings. The SMILES string of the molecule is CN=C(NCc1c(C)noc1C)N1CCN(c2ccccn2)CC1.I. The molecule has 0 saturated carbocycles. The summed E-state index contributed by atoms with van der Waals surface area (Å²) in [5.41, 5.74) is 2.03. The smallest absolute Gasteiger partial charge is 0.194 e. The maximum absolute atomic E-state index is 5.21. The van der Waals surface area contributed by atoms with E-state index in [0.29, 0.717) is 6.54 Å². The lowest BCUT2D eigenvalue weighted by molar-refractivity contribution is 0.371. The molecule has 0 atom stereocenters. The first-order chi connectivity index (χ1) is 11.7. The monoisotopic (exact) mass is 456 g/mol. The summed E-state index contributed by atoms with van der Waals surface area (Å²) in [5.74, 6) is 2.81. The molecule has 1 N–H and O–H groups in total. The number of nitrogens with one attached hydrogen (secondary N) is 1. The Balaban J connectivity index is 0.00000225. The van der Waals surface area contributed by atoms with E-state index in [1.165, 1.54) is 0 Å². The Morgan fingerprint density at radius 1 is 1.24 bits per heavy atom. The van der Waals surface area contributed by atoms with E-state index in [9.17, 15) is 0 Å². The van der Waals surface area contributed by atoms with Crippen LogP contribution in [0.4, 0.5) is 5.82 Å². The molecule has 1 fully saturated rings. The number of aromatic nitrogens is 2. The summed E-state index contributed by atoms with van der Waals surface area (Å²) < 4.78 is 5.21. The Hall–Kier alpha value is -1.84. The number of piperazine rings is 1. The van der Waals surface area contributed by atoms with Crippen molar-refractivity contribution in [2.75, 3.05) is 38.1 Å². The molecule has 2 aromatic heterocycles. The lowest BCUT2D eigenvalue weighted by atomic mass is 10.2. The van der Waals surface area contributed by atoms with E-state index in [0.717, 1.165) is 55.0 Å². The quantitative estimate of drug-likeness (QED) is 0.434. The van der Waals surface area contributed by atoms with Gasteiger partial charge in [0.25, 0.3) is 0 Å². The van der Waals surface area contributed by atoms with Crippen LogP contribution >= 0.6 is 24.0 Å². The zero-order chi connectivity index (χ0) is 16.9. The molecule has 7 nitrogen and oxygen atoms in total. The van der Waals surface area contributed by atoms with Crippen LogP contribution in [0.15, 0.2) is 33.9 Å². The fraction of sp³-hybridized carbons (Fsp3) is 0.471. The molecule has 1 aliphatic heterocycles. The third-order valence-electron chi connectivity index (χ3n) is 4.37. The lowest BCUT2D eigenvalue weighted by Crippen LogP contribution is -2.52. The molecule has 0 aliphatic carbocycles. The van der Waals surface area contributed by atoms with Gasteiger partial charge in [0.05, 0.1) is 5.69 Å². The molecule has 2 aromatic rings. The third kappa shape index (κ3) is 4.62. The van der Waals surface area contributed by atoms with Crippen molar-refractivity contribution < 1.29 is 4.52 Å². The number of halogens is 1. The first-order valence-corrected chi connectivity index (χ1v) is 8.22. The summed E-state index contributed by atoms with van der Waals surface area (Å²) in [6, 6.07) is 6.03. The van der Waals surface area contributed by atoms with Crippen LogP contribution in [0.5, 0.6) is 0 Å². The Morgan fingerprint density at radius 2 is 2.00 bits per heavy atom. The molecule has 0 amide bonds. The van der Waals surface area contributed by atoms with Crippen molar-refractivity contribution >= 4 is 35.8 Å². The van der Waals surface area contributed by atoms with Gasteiger partial charge in [-0.1, -0.05) is 11.2 Å². The number of anilines is 1. The maximum Gasteiger partial charge on any atom is 0.194 e. The Kier molecular flexibility index (Phi) is 7.03. The average Bonchev–Trinajstić information content (AvgIpc) is 2.95. The number of aryl methyl sites for hydroxylation is 2. The van der Waals surface area contributed by atoms with Crippen LogP contribution in [-0.4, -0.2) is 54.2 Å². The van der Waals surface area contributed by atoms with E-state index in [2.05, 4.69) is 36.3 Å². The maximum atomic E-state index is 5.21. The van der Waals surface area contributed by atoms with E-state index in [4.69, 9.17) is 4.52 Å². The summed E-state index contributed by atoms with van der Waals surface area (Å²) in [5, 5.41) is 7.41. The number of guanidine groups is 1. The summed E-state index contributed by atoms with van der Waals surface area (Å²) in [6.07, 6.45) is 1.84. The van der Waals surface area contributed by atoms with E-state index < -0.39 is 0 Å². The van der Waals surface area contributed by atoms with Crippen LogP contribution in [0.25, 0.3) is 0 Å². The highest BCUT2D eigenvalue weighted by Gasteiger charge is 2.20. The van der Waals surface area contributed by atoms with Crippen LogP contribution in [0, 0.1) is 13.8 Å². The van der Waals surface area contributed by atoms with Gasteiger partial charge in [-0.25, -0.2) is 4.98 Å². The minimum absolute atomic E-state index is 0. The highest BCUT2D eigenvalue weighted by molar-refractivity contribution is 14.0. The molecule has 1 saturated heterocycles. The van der Waals surface area contributed by atoms with Crippen molar-refractivity contribution in [3.05, 3.63) is 41.4 Å². The molecule has 0 spiro atoms. The first-order valence-electron chi connectivity index (χ1n) is 8.22. The van der Waals surface area contributed by atoms with Gasteiger partial charge in [0.2, 0.25) is 0 Å². The van der Waals surface area contributed by atoms with Crippen LogP contribution < -0.4 is 10.2 Å². The Bertz CT molecular complexity index is 675. The van der Waals surface area contributed by atoms with Crippen molar-refractivity contribution in [3.8, 4) is 0 Å². The van der Waals surface area contributed by atoms with E-state index in [-0.39, 0.29) is 24.0 Å². The minimum Gasteiger partial charge on any atom is -0.361 e. The van der Waals surface area contributed by atoms with E-state index >= 15 is 0 Å². The van der Waals surface area contributed by atoms with Gasteiger partial charge in [-0.05, 0) is 26.0 Å². The molecule has 3 rings (SSSR count). The molecule has 0 aromatic carbocycles. The molecule has 0 unspecified atom stereocenters. The number of rotatable bonds is 3. The van der Waals surface area contributed by atoms with Gasteiger partial charge in [-0.2, -0.15) is 0 Å². The zero-order valence-corrected chi connectivity index (χ0v) is 17.2. The molecule has 0 radical (unpaired) electrons. The fourth-order valence-corrected chi connectivity index (χ4v) is 2.94. The summed E-state index contributed by atoms with van der Waals surface area (Å²) in [4.78, 5) is 13.4. The predicted octanol–water partition coefficient (Wildman–Crippen LogP) is 2.20. The van der Waals surface area contributed by atoms with Crippen molar-refractivity contribution in [2.24, 2.45) is 4.99 Å². The number of aliphatic imine (C=N–C) groups is 1. The largest absolute Gasteiger partial charge is 0.361 e. The summed E-state index contributed by atoms with van der Waals surface area (Å²) in [6.45, 7) is 8.27. The van der Waals surface area contributed by atoms with Crippen LogP contribution in [0.2, 0.25) is 0 Å². The van der Waals surface area contributed by atoms with Gasteiger partial charge in [0.1, 0.15) is 11.6 Å². The Labute approximate surface area is 165 Å². The van der Waals surface area contributed by atoms with Gasteiger partial charge in [0.15, 0.2) is 5.96 Å². The van der Waals surface area contributed by atoms with Crippen molar-refractivity contribution in [1.82, 2.24) is 20.4 Å². The van der Waals surface area contributed by atoms with Crippen molar-refractivity contribution in [3.63, 3.8) is 0 Å². The average molecular weight is 456 g/mol. The number of pyridine rings is 1. The van der Waals surface area contributed by atoms with Gasteiger partial charge in [0, 0.05) is 51.5 Å². The zero-order valence-electron chi connectivity index (χ0n) is 14.9. The summed E-state index contributed by atoms with van der Waals surface area (Å²) >= 11 is 0.